The largest absolute Gasteiger partial charge is 0.324 e. The summed E-state index contributed by atoms with van der Waals surface area (Å²) in [6.07, 6.45) is 6.39. The van der Waals surface area contributed by atoms with Gasteiger partial charge in [-0.25, -0.2) is 0 Å². The van der Waals surface area contributed by atoms with Crippen LogP contribution in [0.25, 0.3) is 0 Å². The minimum atomic E-state index is 0.175. The molecule has 17 heavy (non-hydrogen) atoms. The highest BCUT2D eigenvalue weighted by molar-refractivity contribution is 5.10. The molecule has 2 atom stereocenters. The summed E-state index contributed by atoms with van der Waals surface area (Å²) < 4.78 is 0. The molecule has 0 saturated heterocycles. The van der Waals surface area contributed by atoms with Gasteiger partial charge in [0.1, 0.15) is 0 Å². The lowest BCUT2D eigenvalue weighted by Gasteiger charge is -2.18. The molecule has 0 radical (unpaired) electrons. The van der Waals surface area contributed by atoms with Gasteiger partial charge in [0.05, 0.1) is 0 Å². The maximum absolute atomic E-state index is 6.17. The van der Waals surface area contributed by atoms with E-state index in [9.17, 15) is 0 Å². The standard InChI is InChI=1S/C16H29N/c1-6-8-9-10-11-16(17)14(5)12-15(7-2)13(3)4/h12-13,15-16H,6-7,10-11,17H2,1-5H3/b14-12+. The van der Waals surface area contributed by atoms with Gasteiger partial charge in [-0.15, -0.1) is 11.8 Å². The van der Waals surface area contributed by atoms with Crippen LogP contribution < -0.4 is 5.73 Å². The van der Waals surface area contributed by atoms with Crippen molar-refractivity contribution in [1.82, 2.24) is 0 Å². The second-order valence-electron chi connectivity index (χ2n) is 5.08. The van der Waals surface area contributed by atoms with Crippen molar-refractivity contribution < 1.29 is 0 Å². The summed E-state index contributed by atoms with van der Waals surface area (Å²) in [5.41, 5.74) is 7.49. The Hall–Kier alpha value is -0.740. The van der Waals surface area contributed by atoms with Crippen molar-refractivity contribution in [3.8, 4) is 11.8 Å². The van der Waals surface area contributed by atoms with Gasteiger partial charge in [-0.3, -0.25) is 0 Å². The van der Waals surface area contributed by atoms with Crippen LogP contribution in [-0.2, 0) is 0 Å². The highest BCUT2D eigenvalue weighted by atomic mass is 14.6. The average Bonchev–Trinajstić information content (AvgIpc) is 2.30. The first-order chi connectivity index (χ1) is 8.02. The average molecular weight is 235 g/mol. The Morgan fingerprint density at radius 2 is 1.88 bits per heavy atom. The Kier molecular flexibility index (Phi) is 8.90. The van der Waals surface area contributed by atoms with Crippen molar-refractivity contribution in [3.05, 3.63) is 11.6 Å². The summed E-state index contributed by atoms with van der Waals surface area (Å²) in [4.78, 5) is 0. The van der Waals surface area contributed by atoms with E-state index in [0.717, 1.165) is 19.3 Å². The van der Waals surface area contributed by atoms with E-state index >= 15 is 0 Å². The van der Waals surface area contributed by atoms with E-state index in [2.05, 4.69) is 52.5 Å². The predicted octanol–water partition coefficient (Wildman–Crippen LogP) is 4.14. The van der Waals surface area contributed by atoms with Gasteiger partial charge in [0, 0.05) is 18.9 Å². The molecule has 2 N–H and O–H groups in total. The number of nitrogens with two attached hydrogens (primary N) is 1. The number of rotatable bonds is 6. The van der Waals surface area contributed by atoms with Crippen LogP contribution in [0.1, 0.15) is 60.3 Å². The number of hydrogen-bond acceptors (Lipinski definition) is 1. The molecule has 98 valence electrons. The van der Waals surface area contributed by atoms with Crippen LogP contribution in [0.5, 0.6) is 0 Å². The molecule has 0 rings (SSSR count). The van der Waals surface area contributed by atoms with Crippen molar-refractivity contribution in [2.75, 3.05) is 0 Å². The van der Waals surface area contributed by atoms with E-state index in [1.807, 2.05) is 0 Å². The Balaban J connectivity index is 4.27. The second kappa shape index (κ2) is 9.31. The molecule has 0 fully saturated rings. The number of allylic oxidation sites excluding steroid dienone is 1. The zero-order chi connectivity index (χ0) is 13.3. The van der Waals surface area contributed by atoms with Gasteiger partial charge in [0.25, 0.3) is 0 Å². The van der Waals surface area contributed by atoms with E-state index < -0.39 is 0 Å². The molecule has 1 nitrogen and oxygen atoms in total. The van der Waals surface area contributed by atoms with Crippen LogP contribution in [0.4, 0.5) is 0 Å². The van der Waals surface area contributed by atoms with Crippen molar-refractivity contribution in [1.29, 1.82) is 0 Å². The van der Waals surface area contributed by atoms with Gasteiger partial charge in [0.2, 0.25) is 0 Å². The molecule has 0 saturated carbocycles. The molecule has 2 unspecified atom stereocenters. The molecule has 0 aromatic carbocycles. The lowest BCUT2D eigenvalue weighted by molar-refractivity contribution is 0.448. The molecule has 0 amide bonds. The molecule has 0 heterocycles. The summed E-state index contributed by atoms with van der Waals surface area (Å²) in [7, 11) is 0. The maximum Gasteiger partial charge on any atom is 0.0260 e. The Bertz CT molecular complexity index is 278. The Morgan fingerprint density at radius 1 is 1.24 bits per heavy atom. The van der Waals surface area contributed by atoms with Crippen LogP contribution in [0.3, 0.4) is 0 Å². The third kappa shape index (κ3) is 7.23. The van der Waals surface area contributed by atoms with Crippen LogP contribution in [0.15, 0.2) is 11.6 Å². The topological polar surface area (TPSA) is 26.0 Å². The van der Waals surface area contributed by atoms with Crippen molar-refractivity contribution in [3.63, 3.8) is 0 Å². The lowest BCUT2D eigenvalue weighted by atomic mass is 9.89. The molecular formula is C16H29N. The molecule has 0 spiro atoms. The van der Waals surface area contributed by atoms with Gasteiger partial charge in [-0.2, -0.15) is 0 Å². The molecule has 0 aliphatic rings. The quantitative estimate of drug-likeness (QED) is 0.543. The van der Waals surface area contributed by atoms with Gasteiger partial charge in [0.15, 0.2) is 0 Å². The minimum absolute atomic E-state index is 0.175. The van der Waals surface area contributed by atoms with E-state index in [-0.39, 0.29) is 6.04 Å². The van der Waals surface area contributed by atoms with E-state index in [1.54, 1.807) is 0 Å². The molecular weight excluding hydrogens is 206 g/mol. The SMILES string of the molecule is CCC#CCCC(N)/C(C)=C/C(CC)C(C)C. The van der Waals surface area contributed by atoms with Gasteiger partial charge in [-0.05, 0) is 31.6 Å². The predicted molar refractivity (Wildman–Crippen MR) is 77.7 cm³/mol. The molecule has 1 heteroatoms. The van der Waals surface area contributed by atoms with E-state index in [0.29, 0.717) is 11.8 Å². The summed E-state index contributed by atoms with van der Waals surface area (Å²) in [5, 5.41) is 0. The first kappa shape index (κ1) is 16.3. The number of hydrogen-bond donors (Lipinski definition) is 1. The van der Waals surface area contributed by atoms with Gasteiger partial charge >= 0.3 is 0 Å². The van der Waals surface area contributed by atoms with Crippen LogP contribution in [0.2, 0.25) is 0 Å². The summed E-state index contributed by atoms with van der Waals surface area (Å²) in [5.74, 6) is 7.59. The fourth-order valence-corrected chi connectivity index (χ4v) is 1.91. The normalized spacial score (nSPS) is 15.4. The van der Waals surface area contributed by atoms with E-state index in [4.69, 9.17) is 5.73 Å². The van der Waals surface area contributed by atoms with Crippen molar-refractivity contribution in [2.24, 2.45) is 17.6 Å². The van der Waals surface area contributed by atoms with E-state index in [1.165, 1.54) is 12.0 Å². The second-order valence-corrected chi connectivity index (χ2v) is 5.08. The molecule has 0 aliphatic carbocycles. The summed E-state index contributed by atoms with van der Waals surface area (Å²) in [6, 6.07) is 0.175. The van der Waals surface area contributed by atoms with Crippen molar-refractivity contribution in [2.45, 2.75) is 66.3 Å². The van der Waals surface area contributed by atoms with Crippen molar-refractivity contribution >= 4 is 0 Å². The summed E-state index contributed by atoms with van der Waals surface area (Å²) >= 11 is 0. The third-order valence-corrected chi connectivity index (χ3v) is 3.27. The molecule has 0 aliphatic heterocycles. The van der Waals surface area contributed by atoms with Crippen LogP contribution >= 0.6 is 0 Å². The highest BCUT2D eigenvalue weighted by Gasteiger charge is 2.11. The Labute approximate surface area is 108 Å². The van der Waals surface area contributed by atoms with Gasteiger partial charge < -0.3 is 5.73 Å². The first-order valence-electron chi connectivity index (χ1n) is 6.92. The zero-order valence-corrected chi connectivity index (χ0v) is 12.2. The third-order valence-electron chi connectivity index (χ3n) is 3.27. The fourth-order valence-electron chi connectivity index (χ4n) is 1.91. The maximum atomic E-state index is 6.17. The smallest absolute Gasteiger partial charge is 0.0260 e. The van der Waals surface area contributed by atoms with Gasteiger partial charge in [-0.1, -0.05) is 39.3 Å². The molecule has 0 aromatic heterocycles. The molecule has 0 bridgehead atoms. The monoisotopic (exact) mass is 235 g/mol. The summed E-state index contributed by atoms with van der Waals surface area (Å²) in [6.45, 7) is 11.0. The van der Waals surface area contributed by atoms with Crippen LogP contribution in [-0.4, -0.2) is 6.04 Å². The highest BCUT2D eigenvalue weighted by Crippen LogP contribution is 2.19. The first-order valence-corrected chi connectivity index (χ1v) is 6.92. The zero-order valence-electron chi connectivity index (χ0n) is 12.2. The lowest BCUT2D eigenvalue weighted by Crippen LogP contribution is -2.22. The minimum Gasteiger partial charge on any atom is -0.324 e. The van der Waals surface area contributed by atoms with Crippen LogP contribution in [0, 0.1) is 23.7 Å². The Morgan fingerprint density at radius 3 is 2.35 bits per heavy atom. The molecule has 0 aromatic rings. The fraction of sp³-hybridized carbons (Fsp3) is 0.750.